The van der Waals surface area contributed by atoms with Gasteiger partial charge in [-0.1, -0.05) is 19.1 Å². The van der Waals surface area contributed by atoms with Crippen molar-refractivity contribution in [1.82, 2.24) is 5.32 Å². The molecule has 1 N–H and O–H groups in total. The predicted octanol–water partition coefficient (Wildman–Crippen LogP) is 5.07. The smallest absolute Gasteiger partial charge is 0.162 e. The molecular formula is C15H16BrF2NS. The fraction of sp³-hybridized carbons (Fsp3) is 0.333. The number of hydrogen-bond acceptors (Lipinski definition) is 2. The molecule has 0 aliphatic rings. The molecule has 5 heteroatoms. The van der Waals surface area contributed by atoms with Crippen molar-refractivity contribution >= 4 is 27.3 Å². The van der Waals surface area contributed by atoms with Crippen molar-refractivity contribution in [2.45, 2.75) is 25.8 Å². The number of rotatable bonds is 6. The normalized spacial score (nSPS) is 12.6. The summed E-state index contributed by atoms with van der Waals surface area (Å²) in [6, 6.07) is 8.33. The molecule has 0 amide bonds. The minimum absolute atomic E-state index is 0.00236. The Morgan fingerprint density at radius 2 is 2.05 bits per heavy atom. The van der Waals surface area contributed by atoms with Crippen LogP contribution in [0.3, 0.4) is 0 Å². The first-order chi connectivity index (χ1) is 9.61. The Balaban J connectivity index is 2.21. The number of nitrogens with one attached hydrogen (secondary N) is 1. The van der Waals surface area contributed by atoms with E-state index < -0.39 is 11.6 Å². The molecule has 0 radical (unpaired) electrons. The Bertz CT molecular complexity index is 571. The Morgan fingerprint density at radius 1 is 1.25 bits per heavy atom. The van der Waals surface area contributed by atoms with E-state index >= 15 is 0 Å². The van der Waals surface area contributed by atoms with E-state index in [1.54, 1.807) is 23.5 Å². The molecule has 20 heavy (non-hydrogen) atoms. The molecular weight excluding hydrogens is 344 g/mol. The molecule has 0 saturated carbocycles. The summed E-state index contributed by atoms with van der Waals surface area (Å²) >= 11 is 5.05. The van der Waals surface area contributed by atoms with Crippen molar-refractivity contribution in [2.75, 3.05) is 6.54 Å². The van der Waals surface area contributed by atoms with Gasteiger partial charge in [-0.05, 0) is 59.1 Å². The van der Waals surface area contributed by atoms with Crippen LogP contribution in [0.5, 0.6) is 0 Å². The largest absolute Gasteiger partial charge is 0.309 e. The first-order valence-corrected chi connectivity index (χ1v) is 8.14. The zero-order valence-corrected chi connectivity index (χ0v) is 13.5. The lowest BCUT2D eigenvalue weighted by Crippen LogP contribution is -2.23. The molecule has 0 fully saturated rings. The highest BCUT2D eigenvalue weighted by molar-refractivity contribution is 9.11. The van der Waals surface area contributed by atoms with Gasteiger partial charge in [0, 0.05) is 10.9 Å². The standard InChI is InChI=1S/C15H16BrF2NS/c1-2-8-19-12(13-6-7-14(16)20-13)9-10-4-3-5-11(17)15(10)18/h3-7,12,19H,2,8-9H2,1H3. The summed E-state index contributed by atoms with van der Waals surface area (Å²) in [6.07, 6.45) is 1.44. The minimum atomic E-state index is -0.788. The van der Waals surface area contributed by atoms with Crippen LogP contribution in [0.15, 0.2) is 34.1 Å². The fourth-order valence-corrected chi connectivity index (χ4v) is 3.53. The van der Waals surface area contributed by atoms with Crippen LogP contribution in [-0.2, 0) is 6.42 Å². The van der Waals surface area contributed by atoms with Gasteiger partial charge >= 0.3 is 0 Å². The molecule has 1 unspecified atom stereocenters. The molecule has 0 aliphatic carbocycles. The van der Waals surface area contributed by atoms with Gasteiger partial charge in [0.15, 0.2) is 11.6 Å². The summed E-state index contributed by atoms with van der Waals surface area (Å²) in [5.74, 6) is -1.53. The van der Waals surface area contributed by atoms with Crippen LogP contribution >= 0.6 is 27.3 Å². The third-order valence-electron chi connectivity index (χ3n) is 3.03. The summed E-state index contributed by atoms with van der Waals surface area (Å²) in [6.45, 7) is 2.92. The average Bonchev–Trinajstić information content (AvgIpc) is 2.86. The van der Waals surface area contributed by atoms with Gasteiger partial charge in [-0.15, -0.1) is 11.3 Å². The SMILES string of the molecule is CCCNC(Cc1cccc(F)c1F)c1ccc(Br)s1. The third kappa shape index (κ3) is 3.87. The summed E-state index contributed by atoms with van der Waals surface area (Å²) in [5.41, 5.74) is 0.406. The van der Waals surface area contributed by atoms with E-state index in [1.165, 1.54) is 0 Å². The van der Waals surface area contributed by atoms with E-state index in [4.69, 9.17) is 0 Å². The summed E-state index contributed by atoms with van der Waals surface area (Å²) in [4.78, 5) is 1.12. The topological polar surface area (TPSA) is 12.0 Å². The molecule has 0 aliphatic heterocycles. The Hall–Kier alpha value is -0.780. The van der Waals surface area contributed by atoms with Gasteiger partial charge in [0.1, 0.15) is 0 Å². The second-order valence-electron chi connectivity index (χ2n) is 4.57. The molecule has 1 aromatic heterocycles. The molecule has 108 valence electrons. The van der Waals surface area contributed by atoms with Gasteiger partial charge in [-0.3, -0.25) is 0 Å². The first kappa shape index (κ1) is 15.6. The summed E-state index contributed by atoms with van der Waals surface area (Å²) in [5, 5.41) is 3.39. The van der Waals surface area contributed by atoms with E-state index in [-0.39, 0.29) is 6.04 Å². The molecule has 1 aromatic carbocycles. The Morgan fingerprint density at radius 3 is 2.70 bits per heavy atom. The van der Waals surface area contributed by atoms with Crippen molar-refractivity contribution in [2.24, 2.45) is 0 Å². The van der Waals surface area contributed by atoms with E-state index in [1.807, 2.05) is 12.1 Å². The fourth-order valence-electron chi connectivity index (χ4n) is 2.03. The van der Waals surface area contributed by atoms with E-state index in [0.717, 1.165) is 27.7 Å². The van der Waals surface area contributed by atoms with Crippen molar-refractivity contribution in [3.63, 3.8) is 0 Å². The molecule has 0 saturated heterocycles. The van der Waals surface area contributed by atoms with E-state index in [9.17, 15) is 8.78 Å². The monoisotopic (exact) mass is 359 g/mol. The van der Waals surface area contributed by atoms with Gasteiger partial charge in [0.05, 0.1) is 3.79 Å². The van der Waals surface area contributed by atoms with Crippen molar-refractivity contribution in [1.29, 1.82) is 0 Å². The summed E-state index contributed by atoms with van der Waals surface area (Å²) < 4.78 is 28.1. The van der Waals surface area contributed by atoms with Crippen LogP contribution in [-0.4, -0.2) is 6.54 Å². The second-order valence-corrected chi connectivity index (χ2v) is 7.06. The molecule has 0 spiro atoms. The maximum atomic E-state index is 13.8. The van der Waals surface area contributed by atoms with Gasteiger partial charge in [0.25, 0.3) is 0 Å². The molecule has 1 atom stereocenters. The van der Waals surface area contributed by atoms with Crippen LogP contribution in [0, 0.1) is 11.6 Å². The minimum Gasteiger partial charge on any atom is -0.309 e. The highest BCUT2D eigenvalue weighted by atomic mass is 79.9. The number of halogens is 3. The number of benzene rings is 1. The third-order valence-corrected chi connectivity index (χ3v) is 4.77. The van der Waals surface area contributed by atoms with Crippen LogP contribution in [0.1, 0.15) is 29.8 Å². The van der Waals surface area contributed by atoms with E-state index in [0.29, 0.717) is 12.0 Å². The van der Waals surface area contributed by atoms with Crippen LogP contribution < -0.4 is 5.32 Å². The van der Waals surface area contributed by atoms with Crippen molar-refractivity contribution < 1.29 is 8.78 Å². The second kappa shape index (κ2) is 7.29. The maximum absolute atomic E-state index is 13.8. The highest BCUT2D eigenvalue weighted by Gasteiger charge is 2.17. The van der Waals surface area contributed by atoms with Gasteiger partial charge < -0.3 is 5.32 Å². The van der Waals surface area contributed by atoms with Crippen LogP contribution in [0.2, 0.25) is 0 Å². The predicted molar refractivity (Wildman–Crippen MR) is 83.1 cm³/mol. The quantitative estimate of drug-likeness (QED) is 0.758. The Labute approximate surface area is 130 Å². The molecule has 0 bridgehead atoms. The Kier molecular flexibility index (Phi) is 5.69. The van der Waals surface area contributed by atoms with Crippen LogP contribution in [0.4, 0.5) is 8.78 Å². The van der Waals surface area contributed by atoms with Crippen molar-refractivity contribution in [3.8, 4) is 0 Å². The summed E-state index contributed by atoms with van der Waals surface area (Å²) in [7, 11) is 0. The van der Waals surface area contributed by atoms with Crippen molar-refractivity contribution in [3.05, 3.63) is 56.2 Å². The maximum Gasteiger partial charge on any atom is 0.162 e. The molecule has 1 nitrogen and oxygen atoms in total. The molecule has 2 rings (SSSR count). The number of thiophene rings is 1. The first-order valence-electron chi connectivity index (χ1n) is 6.53. The molecule has 2 aromatic rings. The average molecular weight is 360 g/mol. The van der Waals surface area contributed by atoms with Crippen LogP contribution in [0.25, 0.3) is 0 Å². The lowest BCUT2D eigenvalue weighted by Gasteiger charge is -2.17. The van der Waals surface area contributed by atoms with E-state index in [2.05, 4.69) is 28.2 Å². The van der Waals surface area contributed by atoms with Gasteiger partial charge in [-0.25, -0.2) is 8.78 Å². The highest BCUT2D eigenvalue weighted by Crippen LogP contribution is 2.30. The molecule has 1 heterocycles. The van der Waals surface area contributed by atoms with Gasteiger partial charge in [0.2, 0.25) is 0 Å². The lowest BCUT2D eigenvalue weighted by molar-refractivity contribution is 0.479. The zero-order valence-electron chi connectivity index (χ0n) is 11.1. The van der Waals surface area contributed by atoms with Gasteiger partial charge in [-0.2, -0.15) is 0 Å². The number of hydrogen-bond donors (Lipinski definition) is 1. The lowest BCUT2D eigenvalue weighted by atomic mass is 10.0. The zero-order chi connectivity index (χ0) is 14.5.